The first kappa shape index (κ1) is 29.1. The Kier molecular flexibility index (Phi) is 8.85. The minimum absolute atomic E-state index is 0.0259. The zero-order valence-corrected chi connectivity index (χ0v) is 22.8. The summed E-state index contributed by atoms with van der Waals surface area (Å²) in [4.78, 5) is 59.1. The minimum atomic E-state index is -0.616. The number of aromatic nitrogens is 4. The third kappa shape index (κ3) is 6.29. The Morgan fingerprint density at radius 3 is 2.51 bits per heavy atom. The second-order valence-corrected chi connectivity index (χ2v) is 9.57. The predicted molar refractivity (Wildman–Crippen MR) is 146 cm³/mol. The fraction of sp³-hybridized carbons (Fsp3) is 0.321. The maximum absolute atomic E-state index is 15.5. The molecule has 4 rings (SSSR count). The molecule has 0 aliphatic carbocycles. The van der Waals surface area contributed by atoms with Crippen molar-refractivity contribution < 1.29 is 33.1 Å². The number of hydrogen-bond donors (Lipinski definition) is 2. The Hall–Kier alpha value is -4.94. The van der Waals surface area contributed by atoms with E-state index in [1.54, 1.807) is 24.3 Å². The third-order valence-electron chi connectivity index (χ3n) is 6.41. The SMILES string of the molecule is COC(=O)CNC(=O)CNC(=O)Cn1nc(C(C)C)c2c(-c3cc4c(cnn4C(=O)CCC=O)cc3F)cccc21. The summed E-state index contributed by atoms with van der Waals surface area (Å²) in [5.41, 5.74) is 2.35. The molecular formula is C28H29FN6O6. The van der Waals surface area contributed by atoms with Crippen LogP contribution in [0.3, 0.4) is 0 Å². The van der Waals surface area contributed by atoms with Crippen molar-refractivity contribution in [1.82, 2.24) is 30.2 Å². The number of aldehydes is 1. The number of amides is 2. The summed E-state index contributed by atoms with van der Waals surface area (Å²) in [6.07, 6.45) is 2.08. The Morgan fingerprint density at radius 1 is 1.05 bits per heavy atom. The van der Waals surface area contributed by atoms with Crippen LogP contribution in [0.15, 0.2) is 36.5 Å². The molecule has 4 aromatic rings. The van der Waals surface area contributed by atoms with Crippen molar-refractivity contribution in [3.63, 3.8) is 0 Å². The highest BCUT2D eigenvalue weighted by Crippen LogP contribution is 2.37. The van der Waals surface area contributed by atoms with Crippen LogP contribution in [-0.2, 0) is 30.5 Å². The monoisotopic (exact) mass is 564 g/mol. The number of hydrogen-bond acceptors (Lipinski definition) is 8. The quantitative estimate of drug-likeness (QED) is 0.208. The molecule has 2 aromatic carbocycles. The van der Waals surface area contributed by atoms with Crippen molar-refractivity contribution in [2.45, 2.75) is 39.2 Å². The van der Waals surface area contributed by atoms with Gasteiger partial charge in [0.2, 0.25) is 17.7 Å². The molecule has 0 unspecified atom stereocenters. The van der Waals surface area contributed by atoms with Crippen molar-refractivity contribution in [2.75, 3.05) is 20.2 Å². The molecular weight excluding hydrogens is 535 g/mol. The van der Waals surface area contributed by atoms with E-state index in [2.05, 4.69) is 25.6 Å². The van der Waals surface area contributed by atoms with Crippen molar-refractivity contribution in [3.05, 3.63) is 48.0 Å². The molecule has 2 heterocycles. The Labute approximate surface area is 233 Å². The van der Waals surface area contributed by atoms with Crippen LogP contribution in [0.5, 0.6) is 0 Å². The Bertz CT molecular complexity index is 1660. The second kappa shape index (κ2) is 12.5. The van der Waals surface area contributed by atoms with Gasteiger partial charge in [-0.15, -0.1) is 0 Å². The smallest absolute Gasteiger partial charge is 0.325 e. The first-order chi connectivity index (χ1) is 19.6. The molecule has 0 fully saturated rings. The van der Waals surface area contributed by atoms with E-state index in [1.165, 1.54) is 28.7 Å². The van der Waals surface area contributed by atoms with E-state index in [0.717, 1.165) is 0 Å². The van der Waals surface area contributed by atoms with Gasteiger partial charge >= 0.3 is 5.97 Å². The van der Waals surface area contributed by atoms with Crippen molar-refractivity contribution in [1.29, 1.82) is 0 Å². The van der Waals surface area contributed by atoms with E-state index in [0.29, 0.717) is 39.3 Å². The number of methoxy groups -OCH3 is 1. The third-order valence-corrected chi connectivity index (χ3v) is 6.41. The van der Waals surface area contributed by atoms with Gasteiger partial charge in [-0.25, -0.2) is 9.07 Å². The minimum Gasteiger partial charge on any atom is -0.468 e. The van der Waals surface area contributed by atoms with Gasteiger partial charge in [0.05, 0.1) is 36.6 Å². The van der Waals surface area contributed by atoms with Crippen molar-refractivity contribution in [3.8, 4) is 11.1 Å². The molecule has 0 saturated carbocycles. The molecule has 13 heteroatoms. The molecule has 0 radical (unpaired) electrons. The standard InChI is InChI=1S/C28H29FN6O6/c1-16(2)28-27-18(19-11-22-17(10-20(19)29)12-32-35(22)25(39)8-5-9-36)6-4-7-21(27)34(33-28)15-24(38)30-13-23(37)31-14-26(40)41-3/h4,6-7,9-12,16H,5,8,13-15H2,1-3H3,(H,30,38)(H,31,37). The van der Waals surface area contributed by atoms with Crippen LogP contribution in [-0.4, -0.2) is 69.7 Å². The summed E-state index contributed by atoms with van der Waals surface area (Å²) >= 11 is 0. The Morgan fingerprint density at radius 2 is 1.80 bits per heavy atom. The highest BCUT2D eigenvalue weighted by Gasteiger charge is 2.22. The molecule has 0 bridgehead atoms. The molecule has 12 nitrogen and oxygen atoms in total. The van der Waals surface area contributed by atoms with Crippen LogP contribution < -0.4 is 10.6 Å². The van der Waals surface area contributed by atoms with E-state index in [1.807, 2.05) is 13.8 Å². The molecule has 2 N–H and O–H groups in total. The summed E-state index contributed by atoms with van der Waals surface area (Å²) in [7, 11) is 1.20. The van der Waals surface area contributed by atoms with E-state index < -0.39 is 23.6 Å². The second-order valence-electron chi connectivity index (χ2n) is 9.57. The number of carbonyl (C=O) groups excluding carboxylic acids is 5. The fourth-order valence-corrected chi connectivity index (χ4v) is 4.42. The van der Waals surface area contributed by atoms with Gasteiger partial charge < -0.3 is 20.2 Å². The number of rotatable bonds is 11. The van der Waals surface area contributed by atoms with Crippen LogP contribution in [0.1, 0.15) is 43.1 Å². The largest absolute Gasteiger partial charge is 0.468 e. The first-order valence-electron chi connectivity index (χ1n) is 12.9. The van der Waals surface area contributed by atoms with E-state index in [9.17, 15) is 24.0 Å². The zero-order valence-electron chi connectivity index (χ0n) is 22.8. The number of nitrogens with zero attached hydrogens (tertiary/aromatic N) is 4. The normalized spacial score (nSPS) is 11.1. The fourth-order valence-electron chi connectivity index (χ4n) is 4.42. The molecule has 0 aliphatic rings. The number of fused-ring (bicyclic) bond motifs is 2. The molecule has 0 aliphatic heterocycles. The summed E-state index contributed by atoms with van der Waals surface area (Å²) < 4.78 is 22.6. The van der Waals surface area contributed by atoms with Gasteiger partial charge in [-0.05, 0) is 29.7 Å². The number of benzene rings is 2. The molecule has 0 atom stereocenters. The lowest BCUT2D eigenvalue weighted by Gasteiger charge is -2.10. The maximum Gasteiger partial charge on any atom is 0.325 e. The van der Waals surface area contributed by atoms with Gasteiger partial charge in [-0.3, -0.25) is 23.9 Å². The van der Waals surface area contributed by atoms with E-state index in [4.69, 9.17) is 0 Å². The Balaban J connectivity index is 1.67. The van der Waals surface area contributed by atoms with Gasteiger partial charge in [0.1, 0.15) is 25.2 Å². The van der Waals surface area contributed by atoms with Crippen molar-refractivity contribution >= 4 is 51.8 Å². The summed E-state index contributed by atoms with van der Waals surface area (Å²) in [6, 6.07) is 8.07. The predicted octanol–water partition coefficient (Wildman–Crippen LogP) is 2.34. The van der Waals surface area contributed by atoms with Gasteiger partial charge in [0.15, 0.2) is 0 Å². The molecule has 2 aromatic heterocycles. The maximum atomic E-state index is 15.5. The molecule has 214 valence electrons. The van der Waals surface area contributed by atoms with Crippen LogP contribution in [0, 0.1) is 5.82 Å². The summed E-state index contributed by atoms with van der Waals surface area (Å²) in [5, 5.41) is 14.6. The summed E-state index contributed by atoms with van der Waals surface area (Å²) in [6.45, 7) is 2.98. The molecule has 2 amide bonds. The number of nitrogens with one attached hydrogen (secondary N) is 2. The van der Waals surface area contributed by atoms with Gasteiger partial charge in [-0.1, -0.05) is 26.0 Å². The van der Waals surface area contributed by atoms with Gasteiger partial charge in [0.25, 0.3) is 0 Å². The van der Waals surface area contributed by atoms with Crippen LogP contribution >= 0.6 is 0 Å². The van der Waals surface area contributed by atoms with E-state index >= 15 is 4.39 Å². The number of carbonyl (C=O) groups is 5. The van der Waals surface area contributed by atoms with Crippen LogP contribution in [0.4, 0.5) is 4.39 Å². The lowest BCUT2D eigenvalue weighted by Crippen LogP contribution is -2.40. The topological polar surface area (TPSA) is 154 Å². The molecule has 41 heavy (non-hydrogen) atoms. The van der Waals surface area contributed by atoms with Gasteiger partial charge in [0, 0.05) is 29.2 Å². The van der Waals surface area contributed by atoms with E-state index in [-0.39, 0.29) is 49.9 Å². The summed E-state index contributed by atoms with van der Waals surface area (Å²) in [5.74, 6) is -2.67. The van der Waals surface area contributed by atoms with Crippen LogP contribution in [0.25, 0.3) is 32.9 Å². The average molecular weight is 565 g/mol. The zero-order chi connectivity index (χ0) is 29.7. The van der Waals surface area contributed by atoms with Gasteiger partial charge in [-0.2, -0.15) is 10.2 Å². The van der Waals surface area contributed by atoms with Crippen molar-refractivity contribution in [2.24, 2.45) is 0 Å². The highest BCUT2D eigenvalue weighted by molar-refractivity contribution is 6.01. The number of halogens is 1. The lowest BCUT2D eigenvalue weighted by molar-refractivity contribution is -0.141. The number of ether oxygens (including phenoxy) is 1. The first-order valence-corrected chi connectivity index (χ1v) is 12.9. The molecule has 0 saturated heterocycles. The average Bonchev–Trinajstić information content (AvgIpc) is 3.54. The molecule has 0 spiro atoms. The highest BCUT2D eigenvalue weighted by atomic mass is 19.1. The van der Waals surface area contributed by atoms with Crippen LogP contribution in [0.2, 0.25) is 0 Å². The number of esters is 1. The lowest BCUT2D eigenvalue weighted by atomic mass is 9.95.